The van der Waals surface area contributed by atoms with Crippen molar-refractivity contribution in [3.05, 3.63) is 11.4 Å². The lowest BCUT2D eigenvalue weighted by Gasteiger charge is -2.18. The van der Waals surface area contributed by atoms with E-state index in [9.17, 15) is 13.2 Å². The van der Waals surface area contributed by atoms with Crippen molar-refractivity contribution in [1.82, 2.24) is 14.5 Å². The van der Waals surface area contributed by atoms with E-state index >= 15 is 0 Å². The second-order valence-electron chi connectivity index (χ2n) is 5.00. The lowest BCUT2D eigenvalue weighted by molar-refractivity contribution is -0.140. The Morgan fingerprint density at radius 3 is 2.30 bits per heavy atom. The van der Waals surface area contributed by atoms with Gasteiger partial charge >= 0.3 is 5.97 Å². The number of nitrogens with zero attached hydrogens (tertiary/aromatic N) is 2. The van der Waals surface area contributed by atoms with Crippen LogP contribution in [0.2, 0.25) is 0 Å². The number of sulfonamides is 1. The maximum absolute atomic E-state index is 12.4. The van der Waals surface area contributed by atoms with E-state index in [0.29, 0.717) is 17.9 Å². The van der Waals surface area contributed by atoms with Crippen LogP contribution in [0, 0.1) is 19.8 Å². The van der Waals surface area contributed by atoms with E-state index in [1.165, 1.54) is 0 Å². The van der Waals surface area contributed by atoms with Gasteiger partial charge in [0.15, 0.2) is 0 Å². The van der Waals surface area contributed by atoms with Crippen molar-refractivity contribution in [2.24, 2.45) is 5.92 Å². The maximum atomic E-state index is 12.4. The first-order valence-corrected chi connectivity index (χ1v) is 7.89. The van der Waals surface area contributed by atoms with E-state index in [1.807, 2.05) is 6.92 Å². The van der Waals surface area contributed by atoms with Gasteiger partial charge in [-0.1, -0.05) is 13.8 Å². The van der Waals surface area contributed by atoms with E-state index in [-0.39, 0.29) is 10.8 Å². The van der Waals surface area contributed by atoms with Gasteiger partial charge < -0.3 is 5.11 Å². The van der Waals surface area contributed by atoms with E-state index in [1.54, 1.807) is 32.4 Å². The molecule has 1 heterocycles. The predicted octanol–water partition coefficient (Wildman–Crippen LogP) is 0.907. The molecule has 1 aromatic heterocycles. The summed E-state index contributed by atoms with van der Waals surface area (Å²) in [6.45, 7) is 8.96. The molecule has 1 atom stereocenters. The Hall–Kier alpha value is -1.41. The first-order chi connectivity index (χ1) is 9.11. The number of carbonyl (C=O) groups is 1. The molecule has 8 heteroatoms. The number of hydrogen-bond acceptors (Lipinski definition) is 4. The zero-order valence-corrected chi connectivity index (χ0v) is 13.2. The van der Waals surface area contributed by atoms with Crippen LogP contribution in [-0.4, -0.2) is 35.3 Å². The van der Waals surface area contributed by atoms with Crippen LogP contribution in [0.1, 0.15) is 32.2 Å². The first-order valence-electron chi connectivity index (χ1n) is 6.41. The fraction of sp³-hybridized carbons (Fsp3) is 0.667. The van der Waals surface area contributed by atoms with Gasteiger partial charge in [-0.25, -0.2) is 8.42 Å². The smallest absolute Gasteiger partial charge is 0.322 e. The van der Waals surface area contributed by atoms with Gasteiger partial charge in [-0.05, 0) is 26.7 Å². The Bertz CT molecular complexity index is 604. The van der Waals surface area contributed by atoms with Gasteiger partial charge in [0, 0.05) is 6.54 Å². The number of carboxylic acids is 1. The SMILES string of the molecule is CCn1nc(C)c(S(=O)(=O)N[C@@H](C(=O)O)C(C)C)c1C. The van der Waals surface area contributed by atoms with Crippen LogP contribution < -0.4 is 4.72 Å². The molecule has 0 unspecified atom stereocenters. The van der Waals surface area contributed by atoms with Crippen LogP contribution in [0.5, 0.6) is 0 Å². The highest BCUT2D eigenvalue weighted by molar-refractivity contribution is 7.89. The van der Waals surface area contributed by atoms with E-state index in [4.69, 9.17) is 5.11 Å². The molecule has 7 nitrogen and oxygen atoms in total. The summed E-state index contributed by atoms with van der Waals surface area (Å²) in [5.41, 5.74) is 0.870. The van der Waals surface area contributed by atoms with Crippen molar-refractivity contribution >= 4 is 16.0 Å². The number of nitrogens with one attached hydrogen (secondary N) is 1. The van der Waals surface area contributed by atoms with Gasteiger partial charge in [0.1, 0.15) is 10.9 Å². The van der Waals surface area contributed by atoms with Gasteiger partial charge in [-0.15, -0.1) is 0 Å². The Kier molecular flexibility index (Phi) is 4.93. The van der Waals surface area contributed by atoms with Crippen LogP contribution >= 0.6 is 0 Å². The summed E-state index contributed by atoms with van der Waals surface area (Å²) in [4.78, 5) is 11.2. The number of aliphatic carboxylic acids is 1. The van der Waals surface area contributed by atoms with Crippen molar-refractivity contribution in [2.75, 3.05) is 0 Å². The Morgan fingerprint density at radius 2 is 1.95 bits per heavy atom. The van der Waals surface area contributed by atoms with Crippen LogP contribution in [0.15, 0.2) is 4.90 Å². The molecular weight excluding hydrogens is 282 g/mol. The summed E-state index contributed by atoms with van der Waals surface area (Å²) >= 11 is 0. The Labute approximate surface area is 119 Å². The van der Waals surface area contributed by atoms with E-state index in [2.05, 4.69) is 9.82 Å². The maximum Gasteiger partial charge on any atom is 0.322 e. The highest BCUT2D eigenvalue weighted by Crippen LogP contribution is 2.20. The molecule has 0 aliphatic rings. The molecule has 20 heavy (non-hydrogen) atoms. The second-order valence-corrected chi connectivity index (χ2v) is 6.65. The molecular formula is C12H21N3O4S. The number of aromatic nitrogens is 2. The number of hydrogen-bond donors (Lipinski definition) is 2. The average molecular weight is 303 g/mol. The third kappa shape index (κ3) is 3.18. The normalized spacial score (nSPS) is 13.7. The number of aryl methyl sites for hydroxylation is 2. The van der Waals surface area contributed by atoms with Gasteiger partial charge in [-0.2, -0.15) is 9.82 Å². The van der Waals surface area contributed by atoms with Gasteiger partial charge in [0.25, 0.3) is 0 Å². The molecule has 0 saturated heterocycles. The summed E-state index contributed by atoms with van der Waals surface area (Å²) in [6, 6.07) is -1.16. The van der Waals surface area contributed by atoms with Gasteiger partial charge in [0.05, 0.1) is 11.4 Å². The third-order valence-corrected chi connectivity index (χ3v) is 4.79. The quantitative estimate of drug-likeness (QED) is 0.813. The molecule has 0 aliphatic carbocycles. The largest absolute Gasteiger partial charge is 0.480 e. The van der Waals surface area contributed by atoms with Gasteiger partial charge in [-0.3, -0.25) is 9.48 Å². The van der Waals surface area contributed by atoms with Crippen LogP contribution in [0.25, 0.3) is 0 Å². The average Bonchev–Trinajstić information content (AvgIpc) is 2.61. The predicted molar refractivity (Wildman–Crippen MR) is 74.0 cm³/mol. The van der Waals surface area contributed by atoms with Crippen molar-refractivity contribution in [1.29, 1.82) is 0 Å². The molecule has 0 spiro atoms. The molecule has 0 radical (unpaired) electrons. The third-order valence-electron chi connectivity index (χ3n) is 3.10. The lowest BCUT2D eigenvalue weighted by Crippen LogP contribution is -2.44. The summed E-state index contributed by atoms with van der Waals surface area (Å²) in [7, 11) is -3.91. The summed E-state index contributed by atoms with van der Waals surface area (Å²) < 4.78 is 28.6. The molecule has 0 aromatic carbocycles. The zero-order valence-electron chi connectivity index (χ0n) is 12.3. The fourth-order valence-electron chi connectivity index (χ4n) is 2.08. The highest BCUT2D eigenvalue weighted by Gasteiger charge is 2.31. The zero-order chi connectivity index (χ0) is 15.7. The number of rotatable bonds is 6. The molecule has 1 aromatic rings. The minimum Gasteiger partial charge on any atom is -0.480 e. The monoisotopic (exact) mass is 303 g/mol. The van der Waals surface area contributed by atoms with Crippen molar-refractivity contribution < 1.29 is 18.3 Å². The minimum atomic E-state index is -3.91. The molecule has 2 N–H and O–H groups in total. The summed E-state index contributed by atoms with van der Waals surface area (Å²) in [6.07, 6.45) is 0. The second kappa shape index (κ2) is 5.92. The van der Waals surface area contributed by atoms with E-state index in [0.717, 1.165) is 0 Å². The molecule has 0 fully saturated rings. The topological polar surface area (TPSA) is 101 Å². The lowest BCUT2D eigenvalue weighted by atomic mass is 10.1. The molecule has 0 saturated carbocycles. The van der Waals surface area contributed by atoms with E-state index < -0.39 is 22.0 Å². The van der Waals surface area contributed by atoms with Gasteiger partial charge in [0.2, 0.25) is 10.0 Å². The van der Waals surface area contributed by atoms with Crippen molar-refractivity contribution in [3.8, 4) is 0 Å². The van der Waals surface area contributed by atoms with Crippen LogP contribution in [0.4, 0.5) is 0 Å². The summed E-state index contributed by atoms with van der Waals surface area (Å²) in [5.74, 6) is -1.55. The molecule has 0 amide bonds. The summed E-state index contributed by atoms with van der Waals surface area (Å²) in [5, 5.41) is 13.2. The van der Waals surface area contributed by atoms with Crippen molar-refractivity contribution in [2.45, 2.75) is 52.1 Å². The van der Waals surface area contributed by atoms with Crippen LogP contribution in [0.3, 0.4) is 0 Å². The van der Waals surface area contributed by atoms with Crippen LogP contribution in [-0.2, 0) is 21.4 Å². The Morgan fingerprint density at radius 1 is 1.40 bits per heavy atom. The molecule has 1 rings (SSSR count). The molecule has 114 valence electrons. The highest BCUT2D eigenvalue weighted by atomic mass is 32.2. The minimum absolute atomic E-state index is 0.0613. The van der Waals surface area contributed by atoms with Crippen molar-refractivity contribution in [3.63, 3.8) is 0 Å². The standard InChI is InChI=1S/C12H21N3O4S/c1-6-15-9(5)11(8(4)13-15)20(18,19)14-10(7(2)3)12(16)17/h7,10,14H,6H2,1-5H3,(H,16,17)/t10-/m1/s1. The number of carboxylic acid groups (broad SMARTS) is 1. The molecule has 0 aliphatic heterocycles. The first kappa shape index (κ1) is 16.6. The Balaban J connectivity index is 3.24. The fourth-order valence-corrected chi connectivity index (χ4v) is 3.82. The molecule has 0 bridgehead atoms.